The maximum Gasteiger partial charge on any atom is 0.133 e. The Hall–Kier alpha value is -0.530. The van der Waals surface area contributed by atoms with Gasteiger partial charge in [-0.05, 0) is 48.4 Å². The molecule has 14 heavy (non-hydrogen) atoms. The molecular weight excluding hydrogens is 265 g/mol. The number of hydrogen-bond donors (Lipinski definition) is 0. The van der Waals surface area contributed by atoms with Crippen molar-refractivity contribution in [1.82, 2.24) is 0 Å². The van der Waals surface area contributed by atoms with Crippen LogP contribution in [0, 0.1) is 16.5 Å². The van der Waals surface area contributed by atoms with Gasteiger partial charge in [-0.1, -0.05) is 15.9 Å². The Labute approximate surface area is 95.4 Å². The Morgan fingerprint density at radius 2 is 2.29 bits per heavy atom. The zero-order chi connectivity index (χ0) is 10.4. The molecule has 0 aromatic heterocycles. The molecule has 1 nitrogen and oxygen atoms in total. The molecule has 0 radical (unpaired) electrons. The third-order valence-corrected chi connectivity index (χ3v) is 2.88. The smallest absolute Gasteiger partial charge is 0.133 e. The molecule has 0 aliphatic rings. The topological polar surface area (TPSA) is 23.8 Å². The fourth-order valence-electron chi connectivity index (χ4n) is 1.12. The van der Waals surface area contributed by atoms with Crippen LogP contribution in [0.3, 0.4) is 0 Å². The molecule has 0 amide bonds. The van der Waals surface area contributed by atoms with Gasteiger partial charge in [0.2, 0.25) is 0 Å². The van der Waals surface area contributed by atoms with Gasteiger partial charge in [0.15, 0.2) is 0 Å². The van der Waals surface area contributed by atoms with E-state index in [9.17, 15) is 4.39 Å². The van der Waals surface area contributed by atoms with Crippen LogP contribution in [-0.4, -0.2) is 5.75 Å². The molecule has 0 unspecified atom stereocenters. The highest BCUT2D eigenvalue weighted by Crippen LogP contribution is 2.17. The van der Waals surface area contributed by atoms with Crippen molar-refractivity contribution in [3.05, 3.63) is 34.1 Å². The SMILES string of the molecule is N#CSCCCc1cc(Br)ccc1F. The van der Waals surface area contributed by atoms with E-state index < -0.39 is 0 Å². The predicted molar refractivity (Wildman–Crippen MR) is 60.5 cm³/mol. The van der Waals surface area contributed by atoms with Crippen LogP contribution >= 0.6 is 27.7 Å². The summed E-state index contributed by atoms with van der Waals surface area (Å²) in [4.78, 5) is 0. The summed E-state index contributed by atoms with van der Waals surface area (Å²) in [6.07, 6.45) is 1.51. The number of thioether (sulfide) groups is 1. The highest BCUT2D eigenvalue weighted by Gasteiger charge is 2.02. The predicted octanol–water partition coefficient (Wildman–Crippen LogP) is 3.74. The number of aryl methyl sites for hydroxylation is 1. The first-order valence-electron chi connectivity index (χ1n) is 4.19. The van der Waals surface area contributed by atoms with Crippen LogP contribution in [0.15, 0.2) is 22.7 Å². The molecule has 74 valence electrons. The molecule has 0 heterocycles. The second kappa shape index (κ2) is 6.05. The Kier molecular flexibility index (Phi) is 4.99. The second-order valence-electron chi connectivity index (χ2n) is 2.78. The summed E-state index contributed by atoms with van der Waals surface area (Å²) in [6, 6.07) is 4.92. The summed E-state index contributed by atoms with van der Waals surface area (Å²) in [6.45, 7) is 0. The van der Waals surface area contributed by atoms with Gasteiger partial charge >= 0.3 is 0 Å². The third kappa shape index (κ3) is 3.69. The quantitative estimate of drug-likeness (QED) is 0.617. The average Bonchev–Trinajstić information content (AvgIpc) is 2.18. The van der Waals surface area contributed by atoms with Gasteiger partial charge in [0.25, 0.3) is 0 Å². The first-order valence-corrected chi connectivity index (χ1v) is 5.96. The molecule has 0 spiro atoms. The number of benzene rings is 1. The number of nitriles is 1. The van der Waals surface area contributed by atoms with Crippen LogP contribution in [0.2, 0.25) is 0 Å². The van der Waals surface area contributed by atoms with Crippen molar-refractivity contribution in [3.63, 3.8) is 0 Å². The first kappa shape index (κ1) is 11.5. The lowest BCUT2D eigenvalue weighted by Crippen LogP contribution is -1.92. The normalized spacial score (nSPS) is 9.79. The van der Waals surface area contributed by atoms with Crippen molar-refractivity contribution in [2.24, 2.45) is 0 Å². The monoisotopic (exact) mass is 273 g/mol. The van der Waals surface area contributed by atoms with Gasteiger partial charge in [-0.25, -0.2) is 4.39 Å². The van der Waals surface area contributed by atoms with E-state index in [1.54, 1.807) is 12.1 Å². The first-order chi connectivity index (χ1) is 6.74. The van der Waals surface area contributed by atoms with Crippen molar-refractivity contribution in [2.75, 3.05) is 5.75 Å². The standard InChI is InChI=1S/C10H9BrFNS/c11-9-3-4-10(12)8(6-9)2-1-5-14-7-13/h3-4,6H,1-2,5H2. The molecular formula is C10H9BrFNS. The Bertz CT molecular complexity index is 348. The molecule has 1 aromatic rings. The fraction of sp³-hybridized carbons (Fsp3) is 0.300. The summed E-state index contributed by atoms with van der Waals surface area (Å²) in [5.41, 5.74) is 0.706. The molecule has 1 rings (SSSR count). The van der Waals surface area contributed by atoms with Crippen molar-refractivity contribution >= 4 is 27.7 Å². The van der Waals surface area contributed by atoms with Crippen LogP contribution in [0.5, 0.6) is 0 Å². The van der Waals surface area contributed by atoms with Crippen molar-refractivity contribution in [3.8, 4) is 5.40 Å². The van der Waals surface area contributed by atoms with E-state index in [4.69, 9.17) is 5.26 Å². The van der Waals surface area contributed by atoms with E-state index in [0.29, 0.717) is 12.0 Å². The molecule has 0 atom stereocenters. The van der Waals surface area contributed by atoms with E-state index in [0.717, 1.165) is 16.6 Å². The van der Waals surface area contributed by atoms with Gasteiger partial charge in [-0.15, -0.1) is 0 Å². The van der Waals surface area contributed by atoms with Crippen LogP contribution in [0.4, 0.5) is 4.39 Å². The maximum atomic E-state index is 13.2. The fourth-order valence-corrected chi connectivity index (χ4v) is 1.90. The molecule has 1 aromatic carbocycles. The molecule has 0 saturated heterocycles. The summed E-state index contributed by atoms with van der Waals surface area (Å²) >= 11 is 4.50. The van der Waals surface area contributed by atoms with E-state index >= 15 is 0 Å². The Morgan fingerprint density at radius 1 is 1.50 bits per heavy atom. The molecule has 0 saturated carbocycles. The highest BCUT2D eigenvalue weighted by molar-refractivity contribution is 9.10. The lowest BCUT2D eigenvalue weighted by molar-refractivity contribution is 0.607. The second-order valence-corrected chi connectivity index (χ2v) is 4.57. The largest absolute Gasteiger partial charge is 0.207 e. The van der Waals surface area contributed by atoms with Crippen LogP contribution in [0.25, 0.3) is 0 Å². The zero-order valence-corrected chi connectivity index (χ0v) is 9.87. The van der Waals surface area contributed by atoms with Gasteiger partial charge in [-0.2, -0.15) is 5.26 Å². The van der Waals surface area contributed by atoms with Crippen molar-refractivity contribution < 1.29 is 4.39 Å². The molecule has 0 fully saturated rings. The average molecular weight is 274 g/mol. The minimum atomic E-state index is -0.171. The summed E-state index contributed by atoms with van der Waals surface area (Å²) < 4.78 is 14.1. The third-order valence-electron chi connectivity index (χ3n) is 1.76. The van der Waals surface area contributed by atoms with Crippen LogP contribution < -0.4 is 0 Å². The zero-order valence-electron chi connectivity index (χ0n) is 7.46. The number of hydrogen-bond acceptors (Lipinski definition) is 2. The van der Waals surface area contributed by atoms with Crippen molar-refractivity contribution in [1.29, 1.82) is 5.26 Å². The van der Waals surface area contributed by atoms with E-state index in [-0.39, 0.29) is 5.82 Å². The molecule has 0 bridgehead atoms. The van der Waals surface area contributed by atoms with E-state index in [1.807, 2.05) is 5.40 Å². The van der Waals surface area contributed by atoms with Gasteiger partial charge in [0, 0.05) is 10.2 Å². The molecule has 4 heteroatoms. The Balaban J connectivity index is 2.50. The maximum absolute atomic E-state index is 13.2. The van der Waals surface area contributed by atoms with E-state index in [1.165, 1.54) is 17.8 Å². The lowest BCUT2D eigenvalue weighted by atomic mass is 10.1. The highest BCUT2D eigenvalue weighted by atomic mass is 79.9. The molecule has 0 aliphatic carbocycles. The summed E-state index contributed by atoms with van der Waals surface area (Å²) in [7, 11) is 0. The minimum absolute atomic E-state index is 0.171. The molecule has 0 N–H and O–H groups in total. The summed E-state index contributed by atoms with van der Waals surface area (Å²) in [5, 5.41) is 10.3. The van der Waals surface area contributed by atoms with Gasteiger partial charge in [-0.3, -0.25) is 0 Å². The van der Waals surface area contributed by atoms with Gasteiger partial charge in [0.05, 0.1) is 0 Å². The summed E-state index contributed by atoms with van der Waals surface area (Å²) in [5.74, 6) is 0.581. The van der Waals surface area contributed by atoms with Crippen LogP contribution in [-0.2, 0) is 6.42 Å². The lowest BCUT2D eigenvalue weighted by Gasteiger charge is -2.02. The molecule has 0 aliphatic heterocycles. The number of thiocyanates is 1. The number of nitrogens with zero attached hydrogens (tertiary/aromatic N) is 1. The van der Waals surface area contributed by atoms with Crippen LogP contribution in [0.1, 0.15) is 12.0 Å². The number of rotatable bonds is 4. The number of halogens is 2. The Morgan fingerprint density at radius 3 is 3.00 bits per heavy atom. The van der Waals surface area contributed by atoms with Gasteiger partial charge in [0.1, 0.15) is 11.2 Å². The van der Waals surface area contributed by atoms with E-state index in [2.05, 4.69) is 15.9 Å². The van der Waals surface area contributed by atoms with Gasteiger partial charge < -0.3 is 0 Å². The minimum Gasteiger partial charge on any atom is -0.207 e. The van der Waals surface area contributed by atoms with Crippen molar-refractivity contribution in [2.45, 2.75) is 12.8 Å².